The molecule has 5 heteroatoms. The van der Waals surface area contributed by atoms with Crippen LogP contribution in [0.1, 0.15) is 62.3 Å². The Morgan fingerprint density at radius 3 is 2.67 bits per heavy atom. The third kappa shape index (κ3) is 2.50. The SMILES string of the molecule is CC(C)N1CCCC(c2nn(C)c3[nH]c(=O)c4c(c23)CCCC4)C1. The number of pyridine rings is 1. The number of aromatic nitrogens is 3. The van der Waals surface area contributed by atoms with Gasteiger partial charge in [-0.3, -0.25) is 9.48 Å². The Hall–Kier alpha value is -1.62. The highest BCUT2D eigenvalue weighted by Crippen LogP contribution is 2.35. The lowest BCUT2D eigenvalue weighted by atomic mass is 9.86. The highest BCUT2D eigenvalue weighted by Gasteiger charge is 2.29. The Morgan fingerprint density at radius 1 is 1.17 bits per heavy atom. The molecule has 0 saturated carbocycles. The molecule has 0 amide bonds. The van der Waals surface area contributed by atoms with Crippen LogP contribution in [-0.4, -0.2) is 38.8 Å². The Labute approximate surface area is 143 Å². The van der Waals surface area contributed by atoms with Crippen LogP contribution in [-0.2, 0) is 19.9 Å². The van der Waals surface area contributed by atoms with Crippen molar-refractivity contribution < 1.29 is 0 Å². The zero-order valence-corrected chi connectivity index (χ0v) is 15.1. The standard InChI is InChI=1S/C19H28N4O/c1-12(2)23-10-6-7-13(11-23)17-16-14-8-4-5-9-15(14)19(24)20-18(16)22(3)21-17/h12-13H,4-11H2,1-3H3,(H,20,24). The normalized spacial score (nSPS) is 22.2. The number of aryl methyl sites for hydroxylation is 2. The molecule has 130 valence electrons. The van der Waals surface area contributed by atoms with E-state index >= 15 is 0 Å². The second kappa shape index (κ2) is 6.03. The maximum absolute atomic E-state index is 12.5. The summed E-state index contributed by atoms with van der Waals surface area (Å²) >= 11 is 0. The first-order chi connectivity index (χ1) is 11.6. The first-order valence-corrected chi connectivity index (χ1v) is 9.41. The second-order valence-corrected chi connectivity index (χ2v) is 7.78. The Balaban J connectivity index is 1.85. The number of rotatable bonds is 2. The number of nitrogens with one attached hydrogen (secondary N) is 1. The first kappa shape index (κ1) is 15.9. The summed E-state index contributed by atoms with van der Waals surface area (Å²) in [5.41, 5.74) is 4.52. The van der Waals surface area contributed by atoms with Crippen LogP contribution < -0.4 is 5.56 Å². The van der Waals surface area contributed by atoms with Crippen LogP contribution in [0.4, 0.5) is 0 Å². The molecule has 1 aliphatic heterocycles. The van der Waals surface area contributed by atoms with Crippen LogP contribution in [0, 0.1) is 0 Å². The van der Waals surface area contributed by atoms with Gasteiger partial charge in [0, 0.05) is 36.5 Å². The highest BCUT2D eigenvalue weighted by atomic mass is 16.1. The predicted octanol–water partition coefficient (Wildman–Crippen LogP) is 2.73. The highest BCUT2D eigenvalue weighted by molar-refractivity contribution is 5.84. The molecule has 0 radical (unpaired) electrons. The summed E-state index contributed by atoms with van der Waals surface area (Å²) < 4.78 is 1.88. The van der Waals surface area contributed by atoms with E-state index in [1.54, 1.807) is 0 Å². The lowest BCUT2D eigenvalue weighted by Crippen LogP contribution is -2.39. The summed E-state index contributed by atoms with van der Waals surface area (Å²) in [6.07, 6.45) is 6.67. The van der Waals surface area contributed by atoms with Crippen LogP contribution in [0.2, 0.25) is 0 Å². The van der Waals surface area contributed by atoms with E-state index in [1.165, 1.54) is 42.5 Å². The van der Waals surface area contributed by atoms with E-state index in [-0.39, 0.29) is 5.56 Å². The van der Waals surface area contributed by atoms with Crippen molar-refractivity contribution in [3.05, 3.63) is 27.2 Å². The van der Waals surface area contributed by atoms with E-state index in [0.29, 0.717) is 12.0 Å². The first-order valence-electron chi connectivity index (χ1n) is 9.41. The van der Waals surface area contributed by atoms with E-state index in [9.17, 15) is 4.79 Å². The number of hydrogen-bond acceptors (Lipinski definition) is 3. The van der Waals surface area contributed by atoms with Crippen molar-refractivity contribution in [1.82, 2.24) is 19.7 Å². The molecular formula is C19H28N4O. The van der Waals surface area contributed by atoms with Crippen molar-refractivity contribution in [1.29, 1.82) is 0 Å². The summed E-state index contributed by atoms with van der Waals surface area (Å²) in [6, 6.07) is 0.580. The number of nitrogens with zero attached hydrogens (tertiary/aromatic N) is 3. The quantitative estimate of drug-likeness (QED) is 0.922. The minimum Gasteiger partial charge on any atom is -0.307 e. The minimum atomic E-state index is 0.0965. The summed E-state index contributed by atoms with van der Waals surface area (Å²) in [5.74, 6) is 0.474. The molecule has 0 bridgehead atoms. The lowest BCUT2D eigenvalue weighted by molar-refractivity contribution is 0.166. The van der Waals surface area contributed by atoms with Gasteiger partial charge in [-0.05, 0) is 64.5 Å². The fourth-order valence-corrected chi connectivity index (χ4v) is 4.58. The molecule has 0 aromatic carbocycles. The zero-order valence-electron chi connectivity index (χ0n) is 15.1. The van der Waals surface area contributed by atoms with Gasteiger partial charge in [0.05, 0.1) is 5.69 Å². The van der Waals surface area contributed by atoms with Crippen LogP contribution in [0.15, 0.2) is 4.79 Å². The zero-order chi connectivity index (χ0) is 16.8. The van der Waals surface area contributed by atoms with E-state index in [0.717, 1.165) is 37.0 Å². The largest absolute Gasteiger partial charge is 0.307 e. The molecule has 5 nitrogen and oxygen atoms in total. The van der Waals surface area contributed by atoms with Gasteiger partial charge in [0.15, 0.2) is 0 Å². The summed E-state index contributed by atoms with van der Waals surface area (Å²) in [5, 5.41) is 6.13. The monoisotopic (exact) mass is 328 g/mol. The maximum Gasteiger partial charge on any atom is 0.253 e. The smallest absolute Gasteiger partial charge is 0.253 e. The van der Waals surface area contributed by atoms with Gasteiger partial charge in [0.2, 0.25) is 0 Å². The summed E-state index contributed by atoms with van der Waals surface area (Å²) in [6.45, 7) is 6.82. The maximum atomic E-state index is 12.5. The molecule has 1 unspecified atom stereocenters. The van der Waals surface area contributed by atoms with E-state index in [2.05, 4.69) is 23.7 Å². The fourth-order valence-electron chi connectivity index (χ4n) is 4.58. The Kier molecular flexibility index (Phi) is 3.99. The van der Waals surface area contributed by atoms with Crippen LogP contribution in [0.25, 0.3) is 11.0 Å². The topological polar surface area (TPSA) is 53.9 Å². The van der Waals surface area contributed by atoms with E-state index in [4.69, 9.17) is 5.10 Å². The molecule has 3 heterocycles. The molecule has 1 saturated heterocycles. The number of H-pyrrole nitrogens is 1. The van der Waals surface area contributed by atoms with Gasteiger partial charge in [-0.25, -0.2) is 0 Å². The Bertz CT molecular complexity index is 817. The van der Waals surface area contributed by atoms with Gasteiger partial charge < -0.3 is 9.88 Å². The number of piperidine rings is 1. The van der Waals surface area contributed by atoms with E-state index in [1.807, 2.05) is 11.7 Å². The molecule has 1 atom stereocenters. The van der Waals surface area contributed by atoms with Crippen LogP contribution >= 0.6 is 0 Å². The van der Waals surface area contributed by atoms with Crippen molar-refractivity contribution >= 4 is 11.0 Å². The van der Waals surface area contributed by atoms with Crippen molar-refractivity contribution in [3.63, 3.8) is 0 Å². The summed E-state index contributed by atoms with van der Waals surface area (Å²) in [4.78, 5) is 18.1. The molecule has 1 aliphatic carbocycles. The second-order valence-electron chi connectivity index (χ2n) is 7.78. The van der Waals surface area contributed by atoms with Gasteiger partial charge in [0.1, 0.15) is 5.65 Å². The van der Waals surface area contributed by atoms with Crippen molar-refractivity contribution in [2.75, 3.05) is 13.1 Å². The number of hydrogen-bond donors (Lipinski definition) is 1. The average molecular weight is 328 g/mol. The lowest BCUT2D eigenvalue weighted by Gasteiger charge is -2.35. The fraction of sp³-hybridized carbons (Fsp3) is 0.684. The number of aromatic amines is 1. The molecule has 2 aliphatic rings. The number of likely N-dealkylation sites (tertiary alicyclic amines) is 1. The molecule has 24 heavy (non-hydrogen) atoms. The predicted molar refractivity (Wildman–Crippen MR) is 96.7 cm³/mol. The minimum absolute atomic E-state index is 0.0965. The van der Waals surface area contributed by atoms with Gasteiger partial charge in [0.25, 0.3) is 5.56 Å². The number of fused-ring (bicyclic) bond motifs is 3. The van der Waals surface area contributed by atoms with E-state index < -0.39 is 0 Å². The van der Waals surface area contributed by atoms with Crippen LogP contribution in [0.3, 0.4) is 0 Å². The third-order valence-electron chi connectivity index (χ3n) is 5.92. The molecule has 1 N–H and O–H groups in total. The molecule has 0 spiro atoms. The van der Waals surface area contributed by atoms with Gasteiger partial charge >= 0.3 is 0 Å². The molecule has 2 aromatic heterocycles. The molecule has 2 aromatic rings. The summed E-state index contributed by atoms with van der Waals surface area (Å²) in [7, 11) is 1.96. The Morgan fingerprint density at radius 2 is 1.92 bits per heavy atom. The average Bonchev–Trinajstić information content (AvgIpc) is 2.92. The molecular weight excluding hydrogens is 300 g/mol. The van der Waals surface area contributed by atoms with Gasteiger partial charge in [-0.2, -0.15) is 5.10 Å². The third-order valence-corrected chi connectivity index (χ3v) is 5.92. The van der Waals surface area contributed by atoms with Crippen LogP contribution in [0.5, 0.6) is 0 Å². The molecule has 1 fully saturated rings. The van der Waals surface area contributed by atoms with Gasteiger partial charge in [-0.1, -0.05) is 0 Å². The molecule has 4 rings (SSSR count). The van der Waals surface area contributed by atoms with Crippen molar-refractivity contribution in [2.24, 2.45) is 7.05 Å². The van der Waals surface area contributed by atoms with Crippen molar-refractivity contribution in [3.8, 4) is 0 Å². The van der Waals surface area contributed by atoms with Gasteiger partial charge in [-0.15, -0.1) is 0 Å². The van der Waals surface area contributed by atoms with Crippen molar-refractivity contribution in [2.45, 2.75) is 64.3 Å².